The van der Waals surface area contributed by atoms with E-state index in [2.05, 4.69) is 15.3 Å². The molecule has 2 heterocycles. The largest absolute Gasteiger partial charge is 0.353 e. The van der Waals surface area contributed by atoms with Crippen LogP contribution in [0.5, 0.6) is 0 Å². The maximum absolute atomic E-state index is 13.2. The molecule has 0 atom stereocenters. The first-order valence-corrected chi connectivity index (χ1v) is 9.95. The quantitative estimate of drug-likeness (QED) is 0.662. The maximum Gasteiger partial charge on any atom is 0.297 e. The molecule has 1 aliphatic rings. The molecular weight excluding hydrogens is 412 g/mol. The molecule has 0 spiro atoms. The van der Waals surface area contributed by atoms with Crippen LogP contribution < -0.4 is 10.2 Å². The Morgan fingerprint density at radius 1 is 1.03 bits per heavy atom. The summed E-state index contributed by atoms with van der Waals surface area (Å²) in [5, 5.41) is 4.20. The van der Waals surface area contributed by atoms with E-state index in [1.54, 1.807) is 36.4 Å². The van der Waals surface area contributed by atoms with Crippen molar-refractivity contribution in [2.24, 2.45) is 0 Å². The van der Waals surface area contributed by atoms with Gasteiger partial charge in [0.15, 0.2) is 5.82 Å². The highest BCUT2D eigenvalue weighted by Crippen LogP contribution is 2.27. The van der Waals surface area contributed by atoms with Crippen molar-refractivity contribution < 1.29 is 13.6 Å². The average Bonchev–Trinajstić information content (AvgIpc) is 2.75. The van der Waals surface area contributed by atoms with Gasteiger partial charge in [-0.2, -0.15) is 0 Å². The summed E-state index contributed by atoms with van der Waals surface area (Å²) in [6.07, 6.45) is -2.73. The van der Waals surface area contributed by atoms with Crippen molar-refractivity contribution in [1.29, 1.82) is 0 Å². The highest BCUT2D eigenvalue weighted by molar-refractivity contribution is 6.30. The summed E-state index contributed by atoms with van der Waals surface area (Å²) < 4.78 is 26.5. The highest BCUT2D eigenvalue weighted by Gasteiger charge is 2.23. The molecule has 6 nitrogen and oxygen atoms in total. The van der Waals surface area contributed by atoms with Crippen LogP contribution in [0.15, 0.2) is 48.5 Å². The molecule has 0 radical (unpaired) electrons. The molecule has 1 aromatic heterocycles. The summed E-state index contributed by atoms with van der Waals surface area (Å²) in [7, 11) is 0. The molecule has 1 amide bonds. The predicted molar refractivity (Wildman–Crippen MR) is 113 cm³/mol. The van der Waals surface area contributed by atoms with E-state index in [0.29, 0.717) is 48.2 Å². The van der Waals surface area contributed by atoms with Gasteiger partial charge in [0.05, 0.1) is 12.1 Å². The number of benzene rings is 2. The van der Waals surface area contributed by atoms with E-state index >= 15 is 0 Å². The minimum Gasteiger partial charge on any atom is -0.353 e. The average molecular weight is 432 g/mol. The first-order valence-electron chi connectivity index (χ1n) is 9.57. The van der Waals surface area contributed by atoms with Gasteiger partial charge < -0.3 is 10.2 Å². The number of para-hydroxylation sites is 1. The zero-order valence-corrected chi connectivity index (χ0v) is 16.8. The van der Waals surface area contributed by atoms with Gasteiger partial charge in [-0.15, -0.1) is 0 Å². The zero-order chi connectivity index (χ0) is 21.1. The molecule has 9 heteroatoms. The van der Waals surface area contributed by atoms with E-state index < -0.39 is 12.2 Å². The molecule has 0 saturated carbocycles. The Morgan fingerprint density at radius 2 is 1.73 bits per heavy atom. The molecule has 3 aromatic rings. The lowest BCUT2D eigenvalue weighted by atomic mass is 10.2. The summed E-state index contributed by atoms with van der Waals surface area (Å²) >= 11 is 5.86. The molecule has 30 heavy (non-hydrogen) atoms. The summed E-state index contributed by atoms with van der Waals surface area (Å²) in [6.45, 7) is 2.66. The van der Waals surface area contributed by atoms with Gasteiger partial charge in [0.2, 0.25) is 5.91 Å². The lowest BCUT2D eigenvalue weighted by Crippen LogP contribution is -2.49. The van der Waals surface area contributed by atoms with Crippen LogP contribution in [0.25, 0.3) is 10.9 Å². The summed E-state index contributed by atoms with van der Waals surface area (Å²) in [5.41, 5.74) is 1.19. The van der Waals surface area contributed by atoms with Crippen LogP contribution in [-0.2, 0) is 4.79 Å². The fraction of sp³-hybridized carbons (Fsp3) is 0.286. The SMILES string of the molecule is O=C(CN1CCN(c2nc(C(F)F)nc3ccccc23)CC1)Nc1ccc(Cl)cc1. The van der Waals surface area contributed by atoms with Gasteiger partial charge in [-0.1, -0.05) is 23.7 Å². The number of piperazine rings is 1. The Hall–Kier alpha value is -2.84. The van der Waals surface area contributed by atoms with E-state index in [1.807, 2.05) is 21.9 Å². The number of nitrogens with zero attached hydrogens (tertiary/aromatic N) is 4. The highest BCUT2D eigenvalue weighted by atomic mass is 35.5. The molecule has 156 valence electrons. The number of amides is 1. The lowest BCUT2D eigenvalue weighted by Gasteiger charge is -2.35. The Morgan fingerprint density at radius 3 is 2.43 bits per heavy atom. The Kier molecular flexibility index (Phi) is 6.06. The van der Waals surface area contributed by atoms with Crippen LogP contribution in [0.4, 0.5) is 20.3 Å². The second-order valence-corrected chi connectivity index (χ2v) is 7.48. The third kappa shape index (κ3) is 4.66. The predicted octanol–water partition coefficient (Wildman–Crippen LogP) is 3.98. The monoisotopic (exact) mass is 431 g/mol. The zero-order valence-electron chi connectivity index (χ0n) is 16.1. The molecule has 0 bridgehead atoms. The van der Waals surface area contributed by atoms with Gasteiger partial charge in [0.25, 0.3) is 6.43 Å². The number of alkyl halides is 2. The van der Waals surface area contributed by atoms with Crippen LogP contribution in [0, 0.1) is 0 Å². The Labute approximate surface area is 177 Å². The molecule has 2 aromatic carbocycles. The van der Waals surface area contributed by atoms with Crippen LogP contribution >= 0.6 is 11.6 Å². The molecule has 1 fully saturated rings. The molecule has 0 aliphatic carbocycles. The molecule has 1 N–H and O–H groups in total. The van der Waals surface area contributed by atoms with Gasteiger partial charge >= 0.3 is 0 Å². The van der Waals surface area contributed by atoms with Crippen molar-refractivity contribution >= 4 is 39.9 Å². The number of halogens is 3. The van der Waals surface area contributed by atoms with E-state index in [9.17, 15) is 13.6 Å². The smallest absolute Gasteiger partial charge is 0.297 e. The number of aromatic nitrogens is 2. The van der Waals surface area contributed by atoms with Crippen molar-refractivity contribution in [3.63, 3.8) is 0 Å². The van der Waals surface area contributed by atoms with E-state index in [1.165, 1.54) is 0 Å². The number of anilines is 2. The van der Waals surface area contributed by atoms with Crippen LogP contribution in [-0.4, -0.2) is 53.5 Å². The first-order chi connectivity index (χ1) is 14.5. The Bertz CT molecular complexity index is 1040. The Balaban J connectivity index is 1.41. The first kappa shape index (κ1) is 20.4. The summed E-state index contributed by atoms with van der Waals surface area (Å²) in [4.78, 5) is 24.4. The topological polar surface area (TPSA) is 61.4 Å². The van der Waals surface area contributed by atoms with Crippen molar-refractivity contribution in [2.75, 3.05) is 42.9 Å². The van der Waals surface area contributed by atoms with Gasteiger partial charge in [0.1, 0.15) is 5.82 Å². The van der Waals surface area contributed by atoms with Gasteiger partial charge in [0, 0.05) is 42.3 Å². The molecular formula is C21H20ClF2N5O. The molecule has 0 unspecified atom stereocenters. The minimum atomic E-state index is -2.73. The summed E-state index contributed by atoms with van der Waals surface area (Å²) in [6, 6.07) is 14.1. The van der Waals surface area contributed by atoms with Gasteiger partial charge in [-0.25, -0.2) is 18.7 Å². The molecule has 1 saturated heterocycles. The number of hydrogen-bond acceptors (Lipinski definition) is 5. The standard InChI is InChI=1S/C21H20ClF2N5O/c22-14-5-7-15(8-6-14)25-18(30)13-28-9-11-29(12-10-28)21-16-3-1-2-4-17(16)26-20(27-21)19(23)24/h1-8,19H,9-13H2,(H,25,30). The third-order valence-electron chi connectivity index (χ3n) is 4.96. The normalized spacial score (nSPS) is 15.0. The van der Waals surface area contributed by atoms with Crippen molar-refractivity contribution in [2.45, 2.75) is 6.43 Å². The van der Waals surface area contributed by atoms with Crippen molar-refractivity contribution in [3.8, 4) is 0 Å². The number of carbonyl (C=O) groups is 1. The third-order valence-corrected chi connectivity index (χ3v) is 5.21. The van der Waals surface area contributed by atoms with Crippen molar-refractivity contribution in [3.05, 3.63) is 59.4 Å². The number of nitrogens with one attached hydrogen (secondary N) is 1. The van der Waals surface area contributed by atoms with Gasteiger partial charge in [-0.3, -0.25) is 9.69 Å². The number of fused-ring (bicyclic) bond motifs is 1. The fourth-order valence-corrected chi connectivity index (χ4v) is 3.60. The summed E-state index contributed by atoms with van der Waals surface area (Å²) in [5.74, 6) is -0.0621. The van der Waals surface area contributed by atoms with E-state index in [4.69, 9.17) is 11.6 Å². The van der Waals surface area contributed by atoms with E-state index in [-0.39, 0.29) is 12.5 Å². The van der Waals surface area contributed by atoms with Crippen LogP contribution in [0.2, 0.25) is 5.02 Å². The minimum absolute atomic E-state index is 0.113. The van der Waals surface area contributed by atoms with Crippen LogP contribution in [0.1, 0.15) is 12.2 Å². The number of hydrogen-bond donors (Lipinski definition) is 1. The number of carbonyl (C=O) groups excluding carboxylic acids is 1. The van der Waals surface area contributed by atoms with Gasteiger partial charge in [-0.05, 0) is 36.4 Å². The second kappa shape index (κ2) is 8.89. The van der Waals surface area contributed by atoms with Crippen molar-refractivity contribution in [1.82, 2.24) is 14.9 Å². The molecule has 4 rings (SSSR count). The fourth-order valence-electron chi connectivity index (χ4n) is 3.47. The van der Waals surface area contributed by atoms with Crippen LogP contribution in [0.3, 0.4) is 0 Å². The number of rotatable bonds is 5. The lowest BCUT2D eigenvalue weighted by molar-refractivity contribution is -0.117. The maximum atomic E-state index is 13.2. The second-order valence-electron chi connectivity index (χ2n) is 7.04. The molecule has 1 aliphatic heterocycles. The van der Waals surface area contributed by atoms with E-state index in [0.717, 1.165) is 5.39 Å².